The van der Waals surface area contributed by atoms with Crippen molar-refractivity contribution in [1.29, 1.82) is 0 Å². The van der Waals surface area contributed by atoms with Crippen molar-refractivity contribution in [3.8, 4) is 5.69 Å². The molecule has 1 heterocycles. The minimum atomic E-state index is -0.0667. The predicted molar refractivity (Wildman–Crippen MR) is 81.7 cm³/mol. The lowest BCUT2D eigenvalue weighted by atomic mass is 10.2. The number of benzene rings is 1. The molecule has 2 aromatic rings. The van der Waals surface area contributed by atoms with Crippen molar-refractivity contribution in [2.45, 2.75) is 6.42 Å². The number of amides is 1. The van der Waals surface area contributed by atoms with Crippen molar-refractivity contribution in [2.24, 2.45) is 5.73 Å². The van der Waals surface area contributed by atoms with Crippen LogP contribution in [0.1, 0.15) is 6.42 Å². The molecule has 0 aliphatic carbocycles. The third-order valence-electron chi connectivity index (χ3n) is 2.71. The number of rotatable bonds is 7. The molecule has 1 amide bonds. The topological polar surface area (TPSA) is 114 Å². The van der Waals surface area contributed by atoms with E-state index in [4.69, 9.17) is 18.0 Å². The number of carbonyl (C=O) groups is 1. The first-order valence-corrected chi connectivity index (χ1v) is 6.92. The van der Waals surface area contributed by atoms with E-state index in [9.17, 15) is 4.79 Å². The van der Waals surface area contributed by atoms with Crippen LogP contribution in [0.4, 0.5) is 5.69 Å². The SMILES string of the molecule is NCCNCCC(=O)Nc1cccc(-n2[nH]nnc2=S)c1. The highest BCUT2D eigenvalue weighted by Gasteiger charge is 2.04. The molecule has 0 atom stereocenters. The zero-order valence-electron chi connectivity index (χ0n) is 11.4. The van der Waals surface area contributed by atoms with Gasteiger partial charge in [0.15, 0.2) is 0 Å². The molecule has 1 aromatic carbocycles. The summed E-state index contributed by atoms with van der Waals surface area (Å²) in [5.74, 6) is -0.0667. The summed E-state index contributed by atoms with van der Waals surface area (Å²) in [5.41, 5.74) is 6.80. The molecular formula is C12H17N7OS. The number of carbonyl (C=O) groups excluding carboxylic acids is 1. The number of nitrogens with zero attached hydrogens (tertiary/aromatic N) is 3. The van der Waals surface area contributed by atoms with E-state index in [1.54, 1.807) is 10.7 Å². The van der Waals surface area contributed by atoms with E-state index in [0.717, 1.165) is 5.69 Å². The van der Waals surface area contributed by atoms with Crippen molar-refractivity contribution >= 4 is 23.8 Å². The van der Waals surface area contributed by atoms with Crippen LogP contribution in [0.2, 0.25) is 0 Å². The molecule has 112 valence electrons. The number of hydrogen-bond acceptors (Lipinski definition) is 6. The van der Waals surface area contributed by atoms with E-state index < -0.39 is 0 Å². The van der Waals surface area contributed by atoms with Gasteiger partial charge in [0, 0.05) is 31.7 Å². The van der Waals surface area contributed by atoms with Crippen LogP contribution in [-0.2, 0) is 4.79 Å². The molecule has 0 radical (unpaired) electrons. The summed E-state index contributed by atoms with van der Waals surface area (Å²) in [5, 5.41) is 15.9. The largest absolute Gasteiger partial charge is 0.329 e. The van der Waals surface area contributed by atoms with Crippen LogP contribution in [0, 0.1) is 4.77 Å². The highest BCUT2D eigenvalue weighted by molar-refractivity contribution is 7.71. The van der Waals surface area contributed by atoms with Gasteiger partial charge in [-0.2, -0.15) is 5.21 Å². The minimum Gasteiger partial charge on any atom is -0.329 e. The normalized spacial score (nSPS) is 10.5. The van der Waals surface area contributed by atoms with E-state index in [0.29, 0.717) is 36.5 Å². The molecule has 0 fully saturated rings. The van der Waals surface area contributed by atoms with Crippen molar-refractivity contribution in [3.05, 3.63) is 29.0 Å². The number of nitrogens with one attached hydrogen (secondary N) is 3. The molecule has 0 saturated heterocycles. The van der Waals surface area contributed by atoms with Gasteiger partial charge in [0.25, 0.3) is 0 Å². The van der Waals surface area contributed by atoms with Crippen LogP contribution in [0.3, 0.4) is 0 Å². The Morgan fingerprint density at radius 1 is 1.43 bits per heavy atom. The Bertz CT molecular complexity index is 651. The lowest BCUT2D eigenvalue weighted by Crippen LogP contribution is -2.26. The van der Waals surface area contributed by atoms with Crippen LogP contribution in [0.15, 0.2) is 24.3 Å². The van der Waals surface area contributed by atoms with E-state index in [2.05, 4.69) is 26.2 Å². The van der Waals surface area contributed by atoms with Crippen LogP contribution in [-0.4, -0.2) is 45.7 Å². The predicted octanol–water partition coefficient (Wildman–Crippen LogP) is 0.202. The van der Waals surface area contributed by atoms with Gasteiger partial charge in [-0.1, -0.05) is 16.4 Å². The summed E-state index contributed by atoms with van der Waals surface area (Å²) in [6.07, 6.45) is 0.384. The molecule has 9 heteroatoms. The second-order valence-corrected chi connectivity index (χ2v) is 4.67. The van der Waals surface area contributed by atoms with E-state index in [1.165, 1.54) is 0 Å². The van der Waals surface area contributed by atoms with Gasteiger partial charge < -0.3 is 16.4 Å². The zero-order chi connectivity index (χ0) is 15.1. The van der Waals surface area contributed by atoms with Crippen molar-refractivity contribution in [1.82, 2.24) is 25.5 Å². The molecule has 0 bridgehead atoms. The maximum atomic E-state index is 11.8. The Hall–Kier alpha value is -2.10. The average molecular weight is 307 g/mol. The molecule has 0 aliphatic heterocycles. The number of hydrogen-bond donors (Lipinski definition) is 4. The van der Waals surface area contributed by atoms with E-state index >= 15 is 0 Å². The molecule has 5 N–H and O–H groups in total. The number of H-pyrrole nitrogens is 1. The molecule has 0 unspecified atom stereocenters. The number of anilines is 1. The highest BCUT2D eigenvalue weighted by Crippen LogP contribution is 2.13. The standard InChI is InChI=1S/C12H17N7OS/c13-5-7-14-6-4-11(20)15-9-2-1-3-10(8-9)19-12(21)16-17-18-19/h1-3,8,14H,4-7,13H2,(H,15,20)(H,16,18,21). The molecule has 1 aromatic heterocycles. The van der Waals surface area contributed by atoms with Crippen LogP contribution >= 0.6 is 12.2 Å². The van der Waals surface area contributed by atoms with Crippen LogP contribution in [0.25, 0.3) is 5.69 Å². The quantitative estimate of drug-likeness (QED) is 0.429. The fourth-order valence-electron chi connectivity index (χ4n) is 1.74. The third kappa shape index (κ3) is 4.45. The zero-order valence-corrected chi connectivity index (χ0v) is 12.2. The number of aromatic nitrogens is 4. The van der Waals surface area contributed by atoms with Gasteiger partial charge >= 0.3 is 0 Å². The van der Waals surface area contributed by atoms with E-state index in [-0.39, 0.29) is 5.91 Å². The van der Waals surface area contributed by atoms with Gasteiger partial charge in [0.1, 0.15) is 0 Å². The van der Waals surface area contributed by atoms with Crippen molar-refractivity contribution < 1.29 is 4.79 Å². The van der Waals surface area contributed by atoms with Gasteiger partial charge in [0.2, 0.25) is 10.7 Å². The summed E-state index contributed by atoms with van der Waals surface area (Å²) < 4.78 is 1.87. The molecule has 8 nitrogen and oxygen atoms in total. The van der Waals surface area contributed by atoms with Crippen molar-refractivity contribution in [3.63, 3.8) is 0 Å². The summed E-state index contributed by atoms with van der Waals surface area (Å²) in [7, 11) is 0. The van der Waals surface area contributed by atoms with Gasteiger partial charge in [-0.25, -0.2) is 4.68 Å². The average Bonchev–Trinajstić information content (AvgIpc) is 2.90. The smallest absolute Gasteiger partial charge is 0.242 e. The lowest BCUT2D eigenvalue weighted by Gasteiger charge is -2.08. The Morgan fingerprint density at radius 3 is 3.00 bits per heavy atom. The Balaban J connectivity index is 1.97. The number of tetrazole rings is 1. The minimum absolute atomic E-state index is 0.0667. The molecule has 0 saturated carbocycles. The fourth-order valence-corrected chi connectivity index (χ4v) is 1.93. The third-order valence-corrected chi connectivity index (χ3v) is 2.97. The molecule has 0 spiro atoms. The van der Waals surface area contributed by atoms with Crippen LogP contribution in [0.5, 0.6) is 0 Å². The first-order valence-electron chi connectivity index (χ1n) is 6.52. The maximum absolute atomic E-state index is 11.8. The Labute approximate surface area is 126 Å². The summed E-state index contributed by atoms with van der Waals surface area (Å²) >= 11 is 5.03. The second-order valence-electron chi connectivity index (χ2n) is 4.31. The number of aromatic amines is 1. The van der Waals surface area contributed by atoms with Gasteiger partial charge in [-0.05, 0) is 30.4 Å². The molecule has 2 rings (SSSR count). The van der Waals surface area contributed by atoms with Gasteiger partial charge in [0.05, 0.1) is 5.69 Å². The molecular weight excluding hydrogens is 290 g/mol. The second kappa shape index (κ2) is 7.62. The summed E-state index contributed by atoms with van der Waals surface area (Å²) in [4.78, 5) is 11.8. The highest BCUT2D eigenvalue weighted by atomic mass is 32.1. The number of nitrogens with two attached hydrogens (primary N) is 1. The fraction of sp³-hybridized carbons (Fsp3) is 0.333. The monoisotopic (exact) mass is 307 g/mol. The lowest BCUT2D eigenvalue weighted by molar-refractivity contribution is -0.116. The van der Waals surface area contributed by atoms with Gasteiger partial charge in [-0.15, -0.1) is 0 Å². The summed E-state index contributed by atoms with van der Waals surface area (Å²) in [6.45, 7) is 1.86. The molecule has 21 heavy (non-hydrogen) atoms. The Kier molecular flexibility index (Phi) is 5.55. The van der Waals surface area contributed by atoms with Crippen LogP contribution < -0.4 is 16.4 Å². The van der Waals surface area contributed by atoms with E-state index in [1.807, 2.05) is 18.2 Å². The first-order chi connectivity index (χ1) is 10.2. The van der Waals surface area contributed by atoms with Crippen molar-refractivity contribution in [2.75, 3.05) is 25.0 Å². The Morgan fingerprint density at radius 2 is 2.29 bits per heavy atom. The summed E-state index contributed by atoms with van der Waals surface area (Å²) in [6, 6.07) is 7.26. The van der Waals surface area contributed by atoms with Gasteiger partial charge in [-0.3, -0.25) is 4.79 Å². The maximum Gasteiger partial charge on any atom is 0.242 e. The molecule has 0 aliphatic rings. The first kappa shape index (κ1) is 15.3.